The highest BCUT2D eigenvalue weighted by Gasteiger charge is 2.12. The zero-order valence-corrected chi connectivity index (χ0v) is 16.3. The normalized spacial score (nSPS) is 9.80. The molecule has 0 spiro atoms. The topological polar surface area (TPSA) is 83.1 Å². The molecule has 1 aromatic carbocycles. The molecule has 0 radical (unpaired) electrons. The Hall–Kier alpha value is -2.22. The number of nitrogens with zero attached hydrogens (tertiary/aromatic N) is 3. The zero-order chi connectivity index (χ0) is 18.7. The molecule has 0 saturated carbocycles. The van der Waals surface area contributed by atoms with E-state index in [-0.39, 0.29) is 11.7 Å². The SMILES string of the molecule is CC.CCN(CC)c1cc(NC(=O)CSc2ncn[nH]2)ccc1OC. The van der Waals surface area contributed by atoms with Gasteiger partial charge < -0.3 is 15.0 Å². The van der Waals surface area contributed by atoms with Crippen molar-refractivity contribution in [1.29, 1.82) is 0 Å². The van der Waals surface area contributed by atoms with E-state index in [4.69, 9.17) is 4.74 Å². The lowest BCUT2D eigenvalue weighted by Crippen LogP contribution is -2.23. The Labute approximate surface area is 153 Å². The van der Waals surface area contributed by atoms with Gasteiger partial charge in [0.05, 0.1) is 18.6 Å². The van der Waals surface area contributed by atoms with Crippen molar-refractivity contribution in [3.63, 3.8) is 0 Å². The van der Waals surface area contributed by atoms with Crippen LogP contribution in [-0.4, -0.2) is 47.0 Å². The van der Waals surface area contributed by atoms with Crippen molar-refractivity contribution in [2.24, 2.45) is 0 Å². The molecule has 7 nitrogen and oxygen atoms in total. The third kappa shape index (κ3) is 6.30. The molecule has 0 aliphatic rings. The minimum atomic E-state index is -0.0953. The fourth-order valence-electron chi connectivity index (χ4n) is 2.17. The molecule has 2 aromatic rings. The number of ether oxygens (including phenoxy) is 1. The van der Waals surface area contributed by atoms with E-state index in [1.165, 1.54) is 18.1 Å². The predicted octanol–water partition coefficient (Wildman–Crippen LogP) is 3.42. The summed E-state index contributed by atoms with van der Waals surface area (Å²) in [6, 6.07) is 5.64. The maximum Gasteiger partial charge on any atom is 0.234 e. The molecule has 1 amide bonds. The summed E-state index contributed by atoms with van der Waals surface area (Å²) < 4.78 is 5.41. The number of benzene rings is 1. The van der Waals surface area contributed by atoms with Gasteiger partial charge in [-0.2, -0.15) is 5.10 Å². The maximum absolute atomic E-state index is 12.0. The number of carbonyl (C=O) groups excluding carboxylic acids is 1. The molecule has 0 fully saturated rings. The van der Waals surface area contributed by atoms with Gasteiger partial charge in [0.1, 0.15) is 12.1 Å². The summed E-state index contributed by atoms with van der Waals surface area (Å²) in [4.78, 5) is 18.2. The fraction of sp³-hybridized carbons (Fsp3) is 0.471. The number of rotatable bonds is 8. The lowest BCUT2D eigenvalue weighted by molar-refractivity contribution is -0.113. The fourth-order valence-corrected chi connectivity index (χ4v) is 2.75. The maximum atomic E-state index is 12.0. The number of nitrogens with one attached hydrogen (secondary N) is 2. The minimum Gasteiger partial charge on any atom is -0.495 e. The second-order valence-electron chi connectivity index (χ2n) is 4.69. The smallest absolute Gasteiger partial charge is 0.234 e. The molecular weight excluding hydrogens is 338 g/mol. The first-order chi connectivity index (χ1) is 12.2. The van der Waals surface area contributed by atoms with Crippen LogP contribution in [0, 0.1) is 0 Å². The number of hydrogen-bond donors (Lipinski definition) is 2. The van der Waals surface area contributed by atoms with Crippen LogP contribution in [0.3, 0.4) is 0 Å². The van der Waals surface area contributed by atoms with Crippen LogP contribution in [0.5, 0.6) is 5.75 Å². The van der Waals surface area contributed by atoms with Gasteiger partial charge in [-0.25, -0.2) is 4.98 Å². The van der Waals surface area contributed by atoms with Crippen LogP contribution in [0.25, 0.3) is 0 Å². The number of H-pyrrole nitrogens is 1. The van der Waals surface area contributed by atoms with Crippen LogP contribution in [0.1, 0.15) is 27.7 Å². The quantitative estimate of drug-likeness (QED) is 0.698. The molecular formula is C17H27N5O2S. The molecule has 0 saturated heterocycles. The zero-order valence-electron chi connectivity index (χ0n) is 15.5. The third-order valence-corrected chi connectivity index (χ3v) is 4.18. The second-order valence-corrected chi connectivity index (χ2v) is 5.65. The first-order valence-electron chi connectivity index (χ1n) is 8.38. The number of anilines is 2. The average Bonchev–Trinajstić information content (AvgIpc) is 3.17. The highest BCUT2D eigenvalue weighted by atomic mass is 32.2. The standard InChI is InChI=1S/C15H21N5O2S.C2H6/c1-4-20(5-2)12-8-11(6-7-13(12)22-3)18-14(21)9-23-15-16-10-17-19-15;1-2/h6-8,10H,4-5,9H2,1-3H3,(H,18,21)(H,16,17,19);1-2H3. The van der Waals surface area contributed by atoms with Crippen LogP contribution >= 0.6 is 11.8 Å². The van der Waals surface area contributed by atoms with Gasteiger partial charge in [-0.15, -0.1) is 0 Å². The van der Waals surface area contributed by atoms with Crippen LogP contribution in [-0.2, 0) is 4.79 Å². The predicted molar refractivity (Wildman–Crippen MR) is 104 cm³/mol. The summed E-state index contributed by atoms with van der Waals surface area (Å²) in [7, 11) is 1.65. The van der Waals surface area contributed by atoms with E-state index in [9.17, 15) is 4.79 Å². The Morgan fingerprint density at radius 1 is 1.32 bits per heavy atom. The van der Waals surface area contributed by atoms with Crippen LogP contribution in [0.4, 0.5) is 11.4 Å². The monoisotopic (exact) mass is 365 g/mol. The largest absolute Gasteiger partial charge is 0.495 e. The van der Waals surface area contributed by atoms with Gasteiger partial charge in [0, 0.05) is 18.8 Å². The number of carbonyl (C=O) groups is 1. The number of hydrogen-bond acceptors (Lipinski definition) is 6. The van der Waals surface area contributed by atoms with Crippen molar-refractivity contribution in [3.8, 4) is 5.75 Å². The summed E-state index contributed by atoms with van der Waals surface area (Å²) in [6.07, 6.45) is 1.42. The van der Waals surface area contributed by atoms with Crippen molar-refractivity contribution in [1.82, 2.24) is 15.2 Å². The summed E-state index contributed by atoms with van der Waals surface area (Å²) in [5, 5.41) is 9.97. The van der Waals surface area contributed by atoms with Gasteiger partial charge in [0.15, 0.2) is 5.16 Å². The Bertz CT molecular complexity index is 630. The molecule has 0 bridgehead atoms. The van der Waals surface area contributed by atoms with Crippen molar-refractivity contribution in [3.05, 3.63) is 24.5 Å². The number of thioether (sulfide) groups is 1. The molecule has 0 aliphatic heterocycles. The van der Waals surface area contributed by atoms with Crippen LogP contribution in [0.15, 0.2) is 29.7 Å². The lowest BCUT2D eigenvalue weighted by Gasteiger charge is -2.24. The molecule has 0 atom stereocenters. The molecule has 2 rings (SSSR count). The molecule has 8 heteroatoms. The first-order valence-corrected chi connectivity index (χ1v) is 9.37. The van der Waals surface area contributed by atoms with E-state index < -0.39 is 0 Å². The number of aromatic nitrogens is 3. The molecule has 138 valence electrons. The minimum absolute atomic E-state index is 0.0953. The molecule has 2 N–H and O–H groups in total. The Balaban J connectivity index is 0.00000151. The molecule has 1 aromatic heterocycles. The molecule has 25 heavy (non-hydrogen) atoms. The van der Waals surface area contributed by atoms with Crippen molar-refractivity contribution in [2.45, 2.75) is 32.9 Å². The van der Waals surface area contributed by atoms with Gasteiger partial charge in [0.25, 0.3) is 0 Å². The van der Waals surface area contributed by atoms with E-state index in [0.29, 0.717) is 5.16 Å². The van der Waals surface area contributed by atoms with Gasteiger partial charge in [0.2, 0.25) is 5.91 Å². The van der Waals surface area contributed by atoms with Crippen LogP contribution < -0.4 is 15.0 Å². The lowest BCUT2D eigenvalue weighted by atomic mass is 10.2. The van der Waals surface area contributed by atoms with E-state index in [1.807, 2.05) is 32.0 Å². The Morgan fingerprint density at radius 2 is 2.04 bits per heavy atom. The molecule has 0 unspecified atom stereocenters. The van der Waals surface area contributed by atoms with Crippen molar-refractivity contribution >= 4 is 29.0 Å². The molecule has 0 aliphatic carbocycles. The molecule has 1 heterocycles. The van der Waals surface area contributed by atoms with E-state index in [2.05, 4.69) is 39.2 Å². The highest BCUT2D eigenvalue weighted by Crippen LogP contribution is 2.31. The van der Waals surface area contributed by atoms with Gasteiger partial charge in [-0.3, -0.25) is 9.89 Å². The highest BCUT2D eigenvalue weighted by molar-refractivity contribution is 7.99. The number of methoxy groups -OCH3 is 1. The Morgan fingerprint density at radius 3 is 2.60 bits per heavy atom. The van der Waals surface area contributed by atoms with Crippen molar-refractivity contribution in [2.75, 3.05) is 36.2 Å². The summed E-state index contributed by atoms with van der Waals surface area (Å²) >= 11 is 1.31. The van der Waals surface area contributed by atoms with Crippen LogP contribution in [0.2, 0.25) is 0 Å². The summed E-state index contributed by atoms with van der Waals surface area (Å²) in [5.41, 5.74) is 1.72. The number of amides is 1. The number of aromatic amines is 1. The summed E-state index contributed by atoms with van der Waals surface area (Å²) in [6.45, 7) is 9.90. The van der Waals surface area contributed by atoms with Crippen molar-refractivity contribution < 1.29 is 9.53 Å². The van der Waals surface area contributed by atoms with Gasteiger partial charge in [-0.1, -0.05) is 25.6 Å². The van der Waals surface area contributed by atoms with E-state index in [0.717, 1.165) is 30.2 Å². The second kappa shape index (κ2) is 11.4. The third-order valence-electron chi connectivity index (χ3n) is 3.30. The first kappa shape index (κ1) is 20.8. The van der Waals surface area contributed by atoms with E-state index in [1.54, 1.807) is 7.11 Å². The van der Waals surface area contributed by atoms with Gasteiger partial charge >= 0.3 is 0 Å². The van der Waals surface area contributed by atoms with E-state index >= 15 is 0 Å². The average molecular weight is 366 g/mol. The Kier molecular flexibility index (Phi) is 9.46. The summed E-state index contributed by atoms with van der Waals surface area (Å²) in [5.74, 6) is 0.965. The van der Waals surface area contributed by atoms with Gasteiger partial charge in [-0.05, 0) is 32.0 Å².